The third-order valence-electron chi connectivity index (χ3n) is 3.11. The van der Waals surface area contributed by atoms with Gasteiger partial charge in [0.15, 0.2) is 0 Å². The van der Waals surface area contributed by atoms with Crippen LogP contribution in [0.4, 0.5) is 0 Å². The van der Waals surface area contributed by atoms with Crippen molar-refractivity contribution >= 4 is 12.4 Å². The van der Waals surface area contributed by atoms with E-state index in [0.717, 1.165) is 31.6 Å². The summed E-state index contributed by atoms with van der Waals surface area (Å²) in [6, 6.07) is 4.53. The zero-order valence-electron chi connectivity index (χ0n) is 7.95. The van der Waals surface area contributed by atoms with Gasteiger partial charge in [-0.3, -0.25) is 0 Å². The summed E-state index contributed by atoms with van der Waals surface area (Å²) < 4.78 is 5.52. The van der Waals surface area contributed by atoms with Crippen LogP contribution in [0, 0.1) is 0 Å². The number of rotatable bonds is 0. The predicted molar refractivity (Wildman–Crippen MR) is 58.1 cm³/mol. The lowest BCUT2D eigenvalue weighted by molar-refractivity contribution is 0.357. The second-order valence-electron chi connectivity index (χ2n) is 3.86. The van der Waals surface area contributed by atoms with Crippen molar-refractivity contribution in [1.82, 2.24) is 0 Å². The summed E-state index contributed by atoms with van der Waals surface area (Å²) in [5, 5.41) is 0. The Morgan fingerprint density at radius 2 is 2.14 bits per heavy atom. The van der Waals surface area contributed by atoms with Crippen LogP contribution < -0.4 is 10.5 Å². The molecular weight excluding hydrogens is 198 g/mol. The standard InChI is InChI=1S/C11H13NO.ClH/c12-9-3-1-7-2-4-10-8(11(7)9)5-6-13-10;/h2,4,9H,1,3,5-6,12H2;1H. The molecule has 0 bridgehead atoms. The third-order valence-corrected chi connectivity index (χ3v) is 3.11. The van der Waals surface area contributed by atoms with Gasteiger partial charge < -0.3 is 10.5 Å². The molecule has 2 nitrogen and oxygen atoms in total. The highest BCUT2D eigenvalue weighted by atomic mass is 35.5. The summed E-state index contributed by atoms with van der Waals surface area (Å²) in [7, 11) is 0. The highest BCUT2D eigenvalue weighted by Crippen LogP contribution is 2.39. The van der Waals surface area contributed by atoms with E-state index in [0.29, 0.717) is 0 Å². The van der Waals surface area contributed by atoms with E-state index in [1.165, 1.54) is 16.7 Å². The Morgan fingerprint density at radius 1 is 1.29 bits per heavy atom. The summed E-state index contributed by atoms with van der Waals surface area (Å²) in [6.07, 6.45) is 3.29. The largest absolute Gasteiger partial charge is 0.493 e. The molecule has 2 N–H and O–H groups in total. The molecule has 0 fully saturated rings. The van der Waals surface area contributed by atoms with Crippen LogP contribution in [0.1, 0.15) is 29.2 Å². The number of hydrogen-bond donors (Lipinski definition) is 1. The topological polar surface area (TPSA) is 35.2 Å². The average molecular weight is 212 g/mol. The fraction of sp³-hybridized carbons (Fsp3) is 0.455. The van der Waals surface area contributed by atoms with Gasteiger partial charge in [-0.1, -0.05) is 6.07 Å². The van der Waals surface area contributed by atoms with Crippen LogP contribution in [0.15, 0.2) is 12.1 Å². The molecule has 0 saturated carbocycles. The highest BCUT2D eigenvalue weighted by Gasteiger charge is 2.26. The van der Waals surface area contributed by atoms with Gasteiger partial charge in [0.25, 0.3) is 0 Å². The first kappa shape index (κ1) is 9.81. The van der Waals surface area contributed by atoms with Crippen molar-refractivity contribution in [1.29, 1.82) is 0 Å². The summed E-state index contributed by atoms with van der Waals surface area (Å²) >= 11 is 0. The van der Waals surface area contributed by atoms with Crippen molar-refractivity contribution in [3.63, 3.8) is 0 Å². The SMILES string of the molecule is Cl.NC1CCc2ccc3c(c21)CCO3. The first-order valence-electron chi connectivity index (χ1n) is 4.89. The molecule has 3 rings (SSSR count). The third kappa shape index (κ3) is 1.22. The van der Waals surface area contributed by atoms with Crippen LogP contribution in [-0.4, -0.2) is 6.61 Å². The highest BCUT2D eigenvalue weighted by molar-refractivity contribution is 5.85. The van der Waals surface area contributed by atoms with Crippen LogP contribution in [0.3, 0.4) is 0 Å². The predicted octanol–water partition coefficient (Wildman–Crippen LogP) is 1.99. The van der Waals surface area contributed by atoms with Crippen LogP contribution in [0.2, 0.25) is 0 Å². The van der Waals surface area contributed by atoms with Gasteiger partial charge in [-0.25, -0.2) is 0 Å². The maximum atomic E-state index is 6.06. The quantitative estimate of drug-likeness (QED) is 0.713. The maximum Gasteiger partial charge on any atom is 0.122 e. The van der Waals surface area contributed by atoms with E-state index in [9.17, 15) is 0 Å². The Hall–Kier alpha value is -0.730. The summed E-state index contributed by atoms with van der Waals surface area (Å²) in [5.74, 6) is 1.07. The Kier molecular flexibility index (Phi) is 2.41. The number of fused-ring (bicyclic) bond motifs is 3. The van der Waals surface area contributed by atoms with E-state index in [1.54, 1.807) is 0 Å². The minimum Gasteiger partial charge on any atom is -0.493 e. The number of ether oxygens (including phenoxy) is 1. The van der Waals surface area contributed by atoms with E-state index < -0.39 is 0 Å². The number of aryl methyl sites for hydroxylation is 1. The summed E-state index contributed by atoms with van der Waals surface area (Å²) in [5.41, 5.74) is 10.3. The van der Waals surface area contributed by atoms with E-state index in [1.807, 2.05) is 0 Å². The lowest BCUT2D eigenvalue weighted by Gasteiger charge is -2.09. The fourth-order valence-electron chi connectivity index (χ4n) is 2.48. The Labute approximate surface area is 89.9 Å². The van der Waals surface area contributed by atoms with Crippen molar-refractivity contribution in [2.75, 3.05) is 6.61 Å². The second-order valence-corrected chi connectivity index (χ2v) is 3.86. The maximum absolute atomic E-state index is 6.06. The van der Waals surface area contributed by atoms with E-state index in [2.05, 4.69) is 12.1 Å². The van der Waals surface area contributed by atoms with Gasteiger partial charge >= 0.3 is 0 Å². The molecule has 0 saturated heterocycles. The van der Waals surface area contributed by atoms with Gasteiger partial charge in [0.1, 0.15) is 5.75 Å². The van der Waals surface area contributed by atoms with Crippen molar-refractivity contribution in [3.8, 4) is 5.75 Å². The first-order valence-corrected chi connectivity index (χ1v) is 4.89. The molecular formula is C11H14ClNO. The normalized spacial score (nSPS) is 22.2. The van der Waals surface area contributed by atoms with Gasteiger partial charge in [0.05, 0.1) is 6.61 Å². The molecule has 2 aliphatic rings. The number of halogens is 1. The van der Waals surface area contributed by atoms with Gasteiger partial charge in [-0.05, 0) is 30.0 Å². The number of nitrogens with two attached hydrogens (primary N) is 1. The van der Waals surface area contributed by atoms with E-state index in [4.69, 9.17) is 10.5 Å². The molecule has 76 valence electrons. The van der Waals surface area contributed by atoms with Crippen LogP contribution >= 0.6 is 12.4 Å². The molecule has 0 radical (unpaired) electrons. The van der Waals surface area contributed by atoms with E-state index in [-0.39, 0.29) is 18.4 Å². The molecule has 1 atom stereocenters. The van der Waals surface area contributed by atoms with Gasteiger partial charge in [0.2, 0.25) is 0 Å². The zero-order chi connectivity index (χ0) is 8.84. The van der Waals surface area contributed by atoms with Crippen LogP contribution in [-0.2, 0) is 12.8 Å². The van der Waals surface area contributed by atoms with Crippen molar-refractivity contribution in [3.05, 3.63) is 28.8 Å². The Balaban J connectivity index is 0.000000750. The van der Waals surface area contributed by atoms with Gasteiger partial charge in [0, 0.05) is 18.0 Å². The second kappa shape index (κ2) is 3.44. The average Bonchev–Trinajstić information content (AvgIpc) is 2.70. The molecule has 1 unspecified atom stereocenters. The first-order chi connectivity index (χ1) is 6.36. The molecule has 0 aromatic heterocycles. The molecule has 1 aromatic carbocycles. The monoisotopic (exact) mass is 211 g/mol. The van der Waals surface area contributed by atoms with Crippen molar-refractivity contribution in [2.24, 2.45) is 5.73 Å². The minimum atomic E-state index is 0. The smallest absolute Gasteiger partial charge is 0.122 e. The summed E-state index contributed by atoms with van der Waals surface area (Å²) in [6.45, 7) is 0.832. The van der Waals surface area contributed by atoms with Crippen molar-refractivity contribution in [2.45, 2.75) is 25.3 Å². The molecule has 0 amide bonds. The molecule has 3 heteroatoms. The number of hydrogen-bond acceptors (Lipinski definition) is 2. The molecule has 1 aliphatic carbocycles. The minimum absolute atomic E-state index is 0. The lowest BCUT2D eigenvalue weighted by Crippen LogP contribution is -2.07. The summed E-state index contributed by atoms with van der Waals surface area (Å²) in [4.78, 5) is 0. The van der Waals surface area contributed by atoms with Crippen LogP contribution in [0.5, 0.6) is 5.75 Å². The molecule has 0 spiro atoms. The van der Waals surface area contributed by atoms with Crippen LogP contribution in [0.25, 0.3) is 0 Å². The number of benzene rings is 1. The van der Waals surface area contributed by atoms with Crippen molar-refractivity contribution < 1.29 is 4.74 Å². The van der Waals surface area contributed by atoms with E-state index >= 15 is 0 Å². The fourth-order valence-corrected chi connectivity index (χ4v) is 2.48. The zero-order valence-corrected chi connectivity index (χ0v) is 8.77. The Bertz CT molecular complexity index is 365. The lowest BCUT2D eigenvalue weighted by atomic mass is 9.99. The Morgan fingerprint density at radius 3 is 3.00 bits per heavy atom. The van der Waals surface area contributed by atoms with Gasteiger partial charge in [-0.2, -0.15) is 0 Å². The van der Waals surface area contributed by atoms with Gasteiger partial charge in [-0.15, -0.1) is 12.4 Å². The molecule has 1 aromatic rings. The molecule has 14 heavy (non-hydrogen) atoms. The molecule has 1 heterocycles. The molecule has 1 aliphatic heterocycles.